The summed E-state index contributed by atoms with van der Waals surface area (Å²) in [6.07, 6.45) is 5.36. The lowest BCUT2D eigenvalue weighted by atomic mass is 10.1. The van der Waals surface area contributed by atoms with Gasteiger partial charge in [0.15, 0.2) is 0 Å². The van der Waals surface area contributed by atoms with Crippen molar-refractivity contribution >= 4 is 28.8 Å². The number of piperazine rings is 1. The van der Waals surface area contributed by atoms with Gasteiger partial charge in [0.05, 0.1) is 10.7 Å². The Morgan fingerprint density at radius 1 is 1.15 bits per heavy atom. The van der Waals surface area contributed by atoms with E-state index < -0.39 is 0 Å². The molecule has 1 aromatic carbocycles. The van der Waals surface area contributed by atoms with Crippen LogP contribution >= 0.6 is 22.9 Å². The SMILES string of the molecule is Cc1nc(-c2ccccc2Cl)sc1C(=O)N1CCN(C2CCCC2)CC1. The van der Waals surface area contributed by atoms with Gasteiger partial charge in [-0.15, -0.1) is 11.3 Å². The normalized spacial score (nSPS) is 19.2. The molecule has 2 heterocycles. The molecular weight excluding hydrogens is 366 g/mol. The second-order valence-corrected chi connectivity index (χ2v) is 8.59. The van der Waals surface area contributed by atoms with Crippen molar-refractivity contribution in [3.05, 3.63) is 39.9 Å². The second-order valence-electron chi connectivity index (χ2n) is 7.18. The Balaban J connectivity index is 1.46. The lowest BCUT2D eigenvalue weighted by molar-refractivity contribution is 0.0577. The Hall–Kier alpha value is -1.43. The van der Waals surface area contributed by atoms with Gasteiger partial charge in [0.25, 0.3) is 5.91 Å². The Morgan fingerprint density at radius 3 is 2.54 bits per heavy atom. The van der Waals surface area contributed by atoms with E-state index in [0.717, 1.165) is 53.4 Å². The molecule has 4 nitrogen and oxygen atoms in total. The number of amides is 1. The Kier molecular flexibility index (Phi) is 5.30. The predicted molar refractivity (Wildman–Crippen MR) is 107 cm³/mol. The molecule has 4 rings (SSSR count). The summed E-state index contributed by atoms with van der Waals surface area (Å²) >= 11 is 7.75. The maximum atomic E-state index is 13.0. The number of rotatable bonds is 3. The van der Waals surface area contributed by atoms with Crippen molar-refractivity contribution in [3.63, 3.8) is 0 Å². The zero-order chi connectivity index (χ0) is 18.1. The van der Waals surface area contributed by atoms with Gasteiger partial charge >= 0.3 is 0 Å². The number of benzene rings is 1. The highest BCUT2D eigenvalue weighted by atomic mass is 35.5. The van der Waals surface area contributed by atoms with E-state index in [9.17, 15) is 4.79 Å². The van der Waals surface area contributed by atoms with Gasteiger partial charge in [0.2, 0.25) is 0 Å². The molecule has 1 amide bonds. The smallest absolute Gasteiger partial charge is 0.265 e. The molecule has 0 radical (unpaired) electrons. The summed E-state index contributed by atoms with van der Waals surface area (Å²) in [5.41, 5.74) is 1.69. The highest BCUT2D eigenvalue weighted by molar-refractivity contribution is 7.17. The topological polar surface area (TPSA) is 36.4 Å². The lowest BCUT2D eigenvalue weighted by Gasteiger charge is -2.37. The fraction of sp³-hybridized carbons (Fsp3) is 0.500. The third kappa shape index (κ3) is 3.53. The van der Waals surface area contributed by atoms with E-state index in [1.54, 1.807) is 0 Å². The van der Waals surface area contributed by atoms with Crippen LogP contribution in [0.4, 0.5) is 0 Å². The molecule has 1 aliphatic heterocycles. The minimum absolute atomic E-state index is 0.115. The minimum atomic E-state index is 0.115. The van der Waals surface area contributed by atoms with Gasteiger partial charge in [0.1, 0.15) is 9.88 Å². The number of carbonyl (C=O) groups is 1. The number of carbonyl (C=O) groups excluding carboxylic acids is 1. The Labute approximate surface area is 163 Å². The molecular formula is C20H24ClN3OS. The third-order valence-electron chi connectivity index (χ3n) is 5.54. The van der Waals surface area contributed by atoms with E-state index in [-0.39, 0.29) is 5.91 Å². The van der Waals surface area contributed by atoms with Crippen molar-refractivity contribution in [1.82, 2.24) is 14.8 Å². The van der Waals surface area contributed by atoms with Crippen LogP contribution in [0.25, 0.3) is 10.6 Å². The summed E-state index contributed by atoms with van der Waals surface area (Å²) < 4.78 is 0. The van der Waals surface area contributed by atoms with Crippen molar-refractivity contribution in [2.75, 3.05) is 26.2 Å². The molecule has 1 aliphatic carbocycles. The minimum Gasteiger partial charge on any atom is -0.335 e. The van der Waals surface area contributed by atoms with Crippen LogP contribution in [0.1, 0.15) is 41.0 Å². The van der Waals surface area contributed by atoms with Crippen LogP contribution in [-0.2, 0) is 0 Å². The summed E-state index contributed by atoms with van der Waals surface area (Å²) in [5, 5.41) is 1.49. The molecule has 1 saturated carbocycles. The molecule has 138 valence electrons. The molecule has 0 spiro atoms. The van der Waals surface area contributed by atoms with Gasteiger partial charge in [-0.05, 0) is 25.8 Å². The van der Waals surface area contributed by atoms with Gasteiger partial charge in [-0.1, -0.05) is 42.6 Å². The highest BCUT2D eigenvalue weighted by Crippen LogP contribution is 2.33. The van der Waals surface area contributed by atoms with Crippen LogP contribution in [0.3, 0.4) is 0 Å². The molecule has 2 aromatic rings. The molecule has 1 aromatic heterocycles. The number of aromatic nitrogens is 1. The Morgan fingerprint density at radius 2 is 1.85 bits per heavy atom. The summed E-state index contributed by atoms with van der Waals surface area (Å²) in [6, 6.07) is 8.40. The van der Waals surface area contributed by atoms with Crippen LogP contribution in [0, 0.1) is 6.92 Å². The number of hydrogen-bond donors (Lipinski definition) is 0. The van der Waals surface area contributed by atoms with Crippen LogP contribution in [-0.4, -0.2) is 52.9 Å². The highest BCUT2D eigenvalue weighted by Gasteiger charge is 2.29. The van der Waals surface area contributed by atoms with Gasteiger partial charge < -0.3 is 4.90 Å². The third-order valence-corrected chi connectivity index (χ3v) is 7.05. The van der Waals surface area contributed by atoms with Crippen molar-refractivity contribution in [2.24, 2.45) is 0 Å². The van der Waals surface area contributed by atoms with E-state index in [1.165, 1.54) is 37.0 Å². The molecule has 26 heavy (non-hydrogen) atoms. The predicted octanol–water partition coefficient (Wildman–Crippen LogP) is 4.47. The molecule has 0 N–H and O–H groups in total. The van der Waals surface area contributed by atoms with Gasteiger partial charge in [0, 0.05) is 37.8 Å². The van der Waals surface area contributed by atoms with E-state index >= 15 is 0 Å². The maximum absolute atomic E-state index is 13.0. The summed E-state index contributed by atoms with van der Waals surface area (Å²) in [4.78, 5) is 22.9. The first kappa shape index (κ1) is 18.0. The van der Waals surface area contributed by atoms with Gasteiger partial charge in [-0.25, -0.2) is 4.98 Å². The number of hydrogen-bond acceptors (Lipinski definition) is 4. The molecule has 0 atom stereocenters. The van der Waals surface area contributed by atoms with Crippen LogP contribution < -0.4 is 0 Å². The summed E-state index contributed by atoms with van der Waals surface area (Å²) in [6.45, 7) is 5.53. The molecule has 0 unspecified atom stereocenters. The Bertz CT molecular complexity index is 792. The molecule has 1 saturated heterocycles. The molecule has 2 fully saturated rings. The van der Waals surface area contributed by atoms with Crippen molar-refractivity contribution in [2.45, 2.75) is 38.6 Å². The van der Waals surface area contributed by atoms with Crippen molar-refractivity contribution in [3.8, 4) is 10.6 Å². The number of thiazole rings is 1. The number of aryl methyl sites for hydroxylation is 1. The van der Waals surface area contributed by atoms with E-state index in [4.69, 9.17) is 11.6 Å². The lowest BCUT2D eigenvalue weighted by Crippen LogP contribution is -2.51. The standard InChI is InChI=1S/C20H24ClN3OS/c1-14-18(26-19(22-14)16-8-4-5-9-17(16)21)20(25)24-12-10-23(11-13-24)15-6-2-3-7-15/h4-5,8-9,15H,2-3,6-7,10-13H2,1H3. The molecule has 0 bridgehead atoms. The monoisotopic (exact) mass is 389 g/mol. The maximum Gasteiger partial charge on any atom is 0.265 e. The fourth-order valence-electron chi connectivity index (χ4n) is 4.05. The van der Waals surface area contributed by atoms with Crippen LogP contribution in [0.5, 0.6) is 0 Å². The average molecular weight is 390 g/mol. The zero-order valence-corrected chi connectivity index (χ0v) is 16.7. The van der Waals surface area contributed by atoms with E-state index in [2.05, 4.69) is 9.88 Å². The quantitative estimate of drug-likeness (QED) is 0.776. The largest absolute Gasteiger partial charge is 0.335 e. The fourth-order valence-corrected chi connectivity index (χ4v) is 5.40. The molecule has 6 heteroatoms. The first-order valence-corrected chi connectivity index (χ1v) is 10.6. The second kappa shape index (κ2) is 7.67. The summed E-state index contributed by atoms with van der Waals surface area (Å²) in [5.74, 6) is 0.115. The van der Waals surface area contributed by atoms with Crippen LogP contribution in [0.2, 0.25) is 5.02 Å². The number of halogens is 1. The zero-order valence-electron chi connectivity index (χ0n) is 15.1. The average Bonchev–Trinajstić information content (AvgIpc) is 3.32. The van der Waals surface area contributed by atoms with Crippen molar-refractivity contribution in [1.29, 1.82) is 0 Å². The first-order chi connectivity index (χ1) is 12.6. The number of nitrogens with zero attached hydrogens (tertiary/aromatic N) is 3. The van der Waals surface area contributed by atoms with E-state index in [0.29, 0.717) is 5.02 Å². The van der Waals surface area contributed by atoms with E-state index in [1.807, 2.05) is 36.1 Å². The molecule has 2 aliphatic rings. The van der Waals surface area contributed by atoms with Gasteiger partial charge in [-0.2, -0.15) is 0 Å². The first-order valence-electron chi connectivity index (χ1n) is 9.39. The van der Waals surface area contributed by atoms with Gasteiger partial charge in [-0.3, -0.25) is 9.69 Å². The summed E-state index contributed by atoms with van der Waals surface area (Å²) in [7, 11) is 0. The van der Waals surface area contributed by atoms with Crippen molar-refractivity contribution < 1.29 is 4.79 Å². The van der Waals surface area contributed by atoms with Crippen LogP contribution in [0.15, 0.2) is 24.3 Å².